The normalized spacial score (nSPS) is 19.1. The topological polar surface area (TPSA) is 93.2 Å². The van der Waals surface area contributed by atoms with Gasteiger partial charge in [0.2, 0.25) is 10.0 Å². The minimum Gasteiger partial charge on any atom is -0.486 e. The molecule has 27 heavy (non-hydrogen) atoms. The summed E-state index contributed by atoms with van der Waals surface area (Å²) >= 11 is 1.15. The lowest BCUT2D eigenvalue weighted by atomic mass is 10.3. The second-order valence-electron chi connectivity index (χ2n) is 6.05. The molecular weight excluding hydrogens is 412 g/mol. The van der Waals surface area contributed by atoms with Gasteiger partial charge in [-0.2, -0.15) is 8.61 Å². The van der Waals surface area contributed by atoms with E-state index in [-0.39, 0.29) is 35.3 Å². The van der Waals surface area contributed by atoms with Crippen LogP contribution in [0.1, 0.15) is 0 Å². The Hall–Kier alpha value is -1.66. The fourth-order valence-electron chi connectivity index (χ4n) is 3.02. The summed E-state index contributed by atoms with van der Waals surface area (Å²) < 4.78 is 64.8. The number of rotatable bonds is 4. The molecule has 1 fully saturated rings. The third-order valence-electron chi connectivity index (χ3n) is 4.44. The lowest BCUT2D eigenvalue weighted by molar-refractivity contribution is 0.171. The predicted molar refractivity (Wildman–Crippen MR) is 99.3 cm³/mol. The number of piperazine rings is 1. The van der Waals surface area contributed by atoms with Gasteiger partial charge in [-0.05, 0) is 23.6 Å². The van der Waals surface area contributed by atoms with Crippen molar-refractivity contribution in [1.29, 1.82) is 0 Å². The molecule has 0 aliphatic carbocycles. The number of nitrogens with zero attached hydrogens (tertiary/aromatic N) is 2. The van der Waals surface area contributed by atoms with E-state index in [4.69, 9.17) is 9.47 Å². The molecule has 1 saturated heterocycles. The van der Waals surface area contributed by atoms with Gasteiger partial charge < -0.3 is 9.47 Å². The van der Waals surface area contributed by atoms with Crippen LogP contribution in [0.25, 0.3) is 0 Å². The van der Waals surface area contributed by atoms with Gasteiger partial charge in [0, 0.05) is 32.2 Å². The van der Waals surface area contributed by atoms with E-state index >= 15 is 0 Å². The number of thiophene rings is 1. The van der Waals surface area contributed by atoms with Crippen LogP contribution in [-0.4, -0.2) is 64.8 Å². The number of fused-ring (bicyclic) bond motifs is 1. The van der Waals surface area contributed by atoms with Crippen LogP contribution in [-0.2, 0) is 20.0 Å². The highest BCUT2D eigenvalue weighted by molar-refractivity contribution is 7.91. The average molecular weight is 431 g/mol. The Balaban J connectivity index is 1.50. The molecule has 146 valence electrons. The van der Waals surface area contributed by atoms with E-state index in [0.717, 1.165) is 11.3 Å². The number of benzene rings is 1. The van der Waals surface area contributed by atoms with Crippen LogP contribution >= 0.6 is 11.3 Å². The van der Waals surface area contributed by atoms with E-state index < -0.39 is 20.0 Å². The first kappa shape index (κ1) is 18.7. The maximum Gasteiger partial charge on any atom is 0.252 e. The summed E-state index contributed by atoms with van der Waals surface area (Å²) in [5, 5.41) is 1.70. The fourth-order valence-corrected chi connectivity index (χ4v) is 7.03. The van der Waals surface area contributed by atoms with Crippen molar-refractivity contribution in [3.63, 3.8) is 0 Å². The summed E-state index contributed by atoms with van der Waals surface area (Å²) in [4.78, 5) is 0.112. The first-order chi connectivity index (χ1) is 12.9. The molecule has 2 aliphatic heterocycles. The lowest BCUT2D eigenvalue weighted by Gasteiger charge is -2.33. The maximum absolute atomic E-state index is 12.9. The molecule has 2 aromatic rings. The molecule has 0 saturated carbocycles. The van der Waals surface area contributed by atoms with Gasteiger partial charge in [0.15, 0.2) is 11.5 Å². The molecule has 8 nitrogen and oxygen atoms in total. The molecule has 3 heterocycles. The fraction of sp³-hybridized carbons (Fsp3) is 0.375. The van der Waals surface area contributed by atoms with Crippen LogP contribution in [0.5, 0.6) is 11.5 Å². The molecule has 0 bridgehead atoms. The summed E-state index contributed by atoms with van der Waals surface area (Å²) in [5.74, 6) is 0.924. The van der Waals surface area contributed by atoms with Crippen molar-refractivity contribution in [1.82, 2.24) is 8.61 Å². The van der Waals surface area contributed by atoms with E-state index in [2.05, 4.69) is 0 Å². The molecule has 1 aromatic heterocycles. The Morgan fingerprint density at radius 1 is 0.815 bits per heavy atom. The Kier molecular flexibility index (Phi) is 4.89. The third-order valence-corrected chi connectivity index (χ3v) is 9.60. The summed E-state index contributed by atoms with van der Waals surface area (Å²) in [6, 6.07) is 7.76. The quantitative estimate of drug-likeness (QED) is 0.724. The standard InChI is InChI=1S/C16H18N2O6S3/c19-26(20,13-3-4-14-15(12-13)24-10-9-23-14)17-5-7-18(8-6-17)27(21,22)16-2-1-11-25-16/h1-4,11-12H,5-10H2. The van der Waals surface area contributed by atoms with Gasteiger partial charge in [-0.15, -0.1) is 11.3 Å². The van der Waals surface area contributed by atoms with Crippen molar-refractivity contribution in [2.75, 3.05) is 39.4 Å². The van der Waals surface area contributed by atoms with Gasteiger partial charge in [-0.1, -0.05) is 6.07 Å². The van der Waals surface area contributed by atoms with Crippen molar-refractivity contribution in [2.24, 2.45) is 0 Å². The van der Waals surface area contributed by atoms with Crippen molar-refractivity contribution in [3.05, 3.63) is 35.7 Å². The largest absolute Gasteiger partial charge is 0.486 e. The predicted octanol–water partition coefficient (Wildman–Crippen LogP) is 1.21. The maximum atomic E-state index is 12.9. The van der Waals surface area contributed by atoms with E-state index in [9.17, 15) is 16.8 Å². The molecular formula is C16H18N2O6S3. The first-order valence-corrected chi connectivity index (χ1v) is 12.1. The molecule has 0 unspecified atom stereocenters. The number of hydrogen-bond donors (Lipinski definition) is 0. The van der Waals surface area contributed by atoms with Crippen LogP contribution in [0, 0.1) is 0 Å². The van der Waals surface area contributed by atoms with Gasteiger partial charge in [-0.25, -0.2) is 16.8 Å². The minimum absolute atomic E-state index is 0.0986. The van der Waals surface area contributed by atoms with Crippen LogP contribution in [0.2, 0.25) is 0 Å². The van der Waals surface area contributed by atoms with E-state index in [1.54, 1.807) is 23.6 Å². The Morgan fingerprint density at radius 2 is 1.44 bits per heavy atom. The monoisotopic (exact) mass is 430 g/mol. The average Bonchev–Trinajstić information content (AvgIpc) is 3.23. The molecule has 11 heteroatoms. The molecule has 0 spiro atoms. The van der Waals surface area contributed by atoms with Crippen LogP contribution in [0.4, 0.5) is 0 Å². The highest BCUT2D eigenvalue weighted by atomic mass is 32.2. The second-order valence-corrected chi connectivity index (χ2v) is 11.1. The molecule has 1 aromatic carbocycles. The van der Waals surface area contributed by atoms with E-state index in [1.165, 1.54) is 20.7 Å². The summed E-state index contributed by atoms with van der Waals surface area (Å²) in [6.07, 6.45) is 0. The van der Waals surface area contributed by atoms with Crippen molar-refractivity contribution >= 4 is 31.4 Å². The zero-order chi connectivity index (χ0) is 19.1. The lowest BCUT2D eigenvalue weighted by Crippen LogP contribution is -2.50. The van der Waals surface area contributed by atoms with Crippen molar-refractivity contribution < 1.29 is 26.3 Å². The highest BCUT2D eigenvalue weighted by Gasteiger charge is 2.34. The van der Waals surface area contributed by atoms with Gasteiger partial charge in [0.25, 0.3) is 10.0 Å². The minimum atomic E-state index is -3.74. The molecule has 2 aliphatic rings. The molecule has 0 amide bonds. The molecule has 4 rings (SSSR count). The van der Waals surface area contributed by atoms with Crippen molar-refractivity contribution in [3.8, 4) is 11.5 Å². The summed E-state index contributed by atoms with van der Waals surface area (Å²) in [5.41, 5.74) is 0. The number of hydrogen-bond acceptors (Lipinski definition) is 7. The SMILES string of the molecule is O=S(=O)(c1ccc2c(c1)OCCO2)N1CCN(S(=O)(=O)c2cccs2)CC1. The van der Waals surface area contributed by atoms with Crippen LogP contribution < -0.4 is 9.47 Å². The van der Waals surface area contributed by atoms with Crippen LogP contribution in [0.15, 0.2) is 44.8 Å². The van der Waals surface area contributed by atoms with Gasteiger partial charge in [-0.3, -0.25) is 0 Å². The smallest absolute Gasteiger partial charge is 0.252 e. The Bertz CT molecular complexity index is 1030. The number of ether oxygens (including phenoxy) is 2. The van der Waals surface area contributed by atoms with E-state index in [0.29, 0.717) is 24.7 Å². The number of sulfonamides is 2. The summed E-state index contributed by atoms with van der Waals surface area (Å²) in [7, 11) is -7.31. The molecule has 0 N–H and O–H groups in total. The Labute approximate surface area is 162 Å². The molecule has 0 atom stereocenters. The second kappa shape index (κ2) is 7.06. The summed E-state index contributed by atoms with van der Waals surface area (Å²) in [6.45, 7) is 1.23. The van der Waals surface area contributed by atoms with Crippen molar-refractivity contribution in [2.45, 2.75) is 9.10 Å². The highest BCUT2D eigenvalue weighted by Crippen LogP contribution is 2.33. The van der Waals surface area contributed by atoms with Gasteiger partial charge in [0.1, 0.15) is 17.4 Å². The van der Waals surface area contributed by atoms with Gasteiger partial charge in [0.05, 0.1) is 4.90 Å². The Morgan fingerprint density at radius 3 is 2.07 bits per heavy atom. The van der Waals surface area contributed by atoms with Crippen LogP contribution in [0.3, 0.4) is 0 Å². The first-order valence-electron chi connectivity index (χ1n) is 8.32. The van der Waals surface area contributed by atoms with E-state index in [1.807, 2.05) is 0 Å². The third kappa shape index (κ3) is 3.45. The van der Waals surface area contributed by atoms with Gasteiger partial charge >= 0.3 is 0 Å². The molecule has 0 radical (unpaired) electrons. The zero-order valence-corrected chi connectivity index (χ0v) is 16.7. The zero-order valence-electron chi connectivity index (χ0n) is 14.3.